The second-order valence-electron chi connectivity index (χ2n) is 5.96. The maximum Gasteiger partial charge on any atom is 0.211 e. The van der Waals surface area contributed by atoms with Crippen molar-refractivity contribution in [2.24, 2.45) is 11.8 Å². The summed E-state index contributed by atoms with van der Waals surface area (Å²) in [7, 11) is -3.09. The molecule has 0 aliphatic heterocycles. The van der Waals surface area contributed by atoms with E-state index in [1.165, 1.54) is 0 Å². The Kier molecular flexibility index (Phi) is 7.32. The van der Waals surface area contributed by atoms with E-state index in [0.717, 1.165) is 51.1 Å². The van der Waals surface area contributed by atoms with Crippen LogP contribution in [0.4, 0.5) is 0 Å². The fraction of sp³-hybridized carbons (Fsp3) is 1.00. The van der Waals surface area contributed by atoms with Crippen molar-refractivity contribution in [3.05, 3.63) is 0 Å². The molecule has 0 radical (unpaired) electrons. The Morgan fingerprint density at radius 3 is 2.47 bits per heavy atom. The van der Waals surface area contributed by atoms with Gasteiger partial charge in [-0.1, -0.05) is 20.8 Å². The molecule has 0 aromatic rings. The third kappa shape index (κ3) is 6.72. The fourth-order valence-corrected chi connectivity index (χ4v) is 4.11. The lowest BCUT2D eigenvalue weighted by molar-refractivity contribution is 0.242. The van der Waals surface area contributed by atoms with E-state index in [2.05, 4.69) is 30.8 Å². The molecule has 0 heterocycles. The van der Waals surface area contributed by atoms with Crippen molar-refractivity contribution < 1.29 is 8.42 Å². The molecule has 3 atom stereocenters. The van der Waals surface area contributed by atoms with Crippen LogP contribution in [0.1, 0.15) is 52.9 Å². The summed E-state index contributed by atoms with van der Waals surface area (Å²) >= 11 is 0. The number of hydrogen-bond acceptors (Lipinski definition) is 3. The van der Waals surface area contributed by atoms with Crippen LogP contribution in [0.2, 0.25) is 0 Å². The van der Waals surface area contributed by atoms with Gasteiger partial charge in [0.05, 0.1) is 5.75 Å². The molecular weight excluding hydrogens is 260 g/mol. The van der Waals surface area contributed by atoms with Gasteiger partial charge in [-0.15, -0.1) is 0 Å². The average Bonchev–Trinajstić information content (AvgIpc) is 2.33. The molecule has 1 aliphatic rings. The zero-order valence-corrected chi connectivity index (χ0v) is 13.4. The van der Waals surface area contributed by atoms with E-state index in [9.17, 15) is 8.42 Å². The molecule has 19 heavy (non-hydrogen) atoms. The van der Waals surface area contributed by atoms with Gasteiger partial charge in [-0.2, -0.15) is 0 Å². The van der Waals surface area contributed by atoms with Crippen molar-refractivity contribution >= 4 is 10.0 Å². The lowest BCUT2D eigenvalue weighted by Gasteiger charge is -2.32. The number of sulfonamides is 1. The summed E-state index contributed by atoms with van der Waals surface area (Å²) < 4.78 is 26.9. The van der Waals surface area contributed by atoms with E-state index in [0.29, 0.717) is 5.92 Å². The molecule has 0 aromatic heterocycles. The molecule has 4 nitrogen and oxygen atoms in total. The summed E-state index contributed by atoms with van der Waals surface area (Å²) in [5.74, 6) is 1.61. The maximum atomic E-state index is 12.0. The van der Waals surface area contributed by atoms with Crippen LogP contribution in [0.5, 0.6) is 0 Å². The van der Waals surface area contributed by atoms with Gasteiger partial charge in [-0.25, -0.2) is 13.1 Å². The second kappa shape index (κ2) is 8.22. The van der Waals surface area contributed by atoms with Crippen LogP contribution >= 0.6 is 0 Å². The van der Waals surface area contributed by atoms with E-state index in [4.69, 9.17) is 0 Å². The van der Waals surface area contributed by atoms with E-state index in [1.54, 1.807) is 0 Å². The lowest BCUT2D eigenvalue weighted by atomic mass is 9.79. The lowest BCUT2D eigenvalue weighted by Crippen LogP contribution is -2.40. The van der Waals surface area contributed by atoms with Gasteiger partial charge < -0.3 is 5.32 Å². The predicted octanol–water partition coefficient (Wildman–Crippen LogP) is 2.12. The minimum atomic E-state index is -3.09. The first-order valence-electron chi connectivity index (χ1n) is 7.65. The molecule has 1 saturated carbocycles. The van der Waals surface area contributed by atoms with Crippen LogP contribution < -0.4 is 10.0 Å². The zero-order valence-electron chi connectivity index (χ0n) is 12.6. The monoisotopic (exact) mass is 290 g/mol. The number of rotatable bonds is 8. The van der Waals surface area contributed by atoms with Crippen LogP contribution in [0.25, 0.3) is 0 Å². The molecule has 114 valence electrons. The quantitative estimate of drug-likeness (QED) is 0.673. The van der Waals surface area contributed by atoms with Crippen molar-refractivity contribution in [3.8, 4) is 0 Å². The minimum Gasteiger partial charge on any atom is -0.317 e. The summed E-state index contributed by atoms with van der Waals surface area (Å²) in [6.07, 6.45) is 4.77. The Labute approximate surface area is 118 Å². The van der Waals surface area contributed by atoms with Crippen LogP contribution in [0, 0.1) is 11.8 Å². The number of nitrogens with one attached hydrogen (secondary N) is 2. The third-order valence-corrected chi connectivity index (χ3v) is 5.73. The van der Waals surface area contributed by atoms with Crippen LogP contribution in [0.3, 0.4) is 0 Å². The molecule has 0 aromatic carbocycles. The van der Waals surface area contributed by atoms with Gasteiger partial charge >= 0.3 is 0 Å². The van der Waals surface area contributed by atoms with E-state index < -0.39 is 10.0 Å². The molecule has 1 fully saturated rings. The molecule has 0 bridgehead atoms. The van der Waals surface area contributed by atoms with Crippen molar-refractivity contribution in [2.75, 3.05) is 18.8 Å². The van der Waals surface area contributed by atoms with E-state index in [1.807, 2.05) is 0 Å². The first kappa shape index (κ1) is 16.9. The first-order chi connectivity index (χ1) is 8.94. The van der Waals surface area contributed by atoms with Crippen molar-refractivity contribution in [2.45, 2.75) is 58.9 Å². The molecule has 2 N–H and O–H groups in total. The Balaban J connectivity index is 2.26. The first-order valence-corrected chi connectivity index (χ1v) is 9.30. The van der Waals surface area contributed by atoms with Gasteiger partial charge in [0.1, 0.15) is 0 Å². The van der Waals surface area contributed by atoms with Crippen LogP contribution in [-0.4, -0.2) is 33.3 Å². The van der Waals surface area contributed by atoms with Gasteiger partial charge in [0, 0.05) is 6.04 Å². The summed E-state index contributed by atoms with van der Waals surface area (Å²) in [5, 5.41) is 3.21. The van der Waals surface area contributed by atoms with Crippen LogP contribution in [0.15, 0.2) is 0 Å². The summed E-state index contributed by atoms with van der Waals surface area (Å²) in [5.41, 5.74) is 0. The predicted molar refractivity (Wildman–Crippen MR) is 80.7 cm³/mol. The topological polar surface area (TPSA) is 58.2 Å². The Hall–Kier alpha value is -0.130. The molecule has 0 saturated heterocycles. The Morgan fingerprint density at radius 2 is 1.84 bits per heavy atom. The molecule has 0 amide bonds. The molecular formula is C14H30N2O2S. The van der Waals surface area contributed by atoms with E-state index >= 15 is 0 Å². The maximum absolute atomic E-state index is 12.0. The summed E-state index contributed by atoms with van der Waals surface area (Å²) in [4.78, 5) is 0. The SMILES string of the molecule is CCNCCCCS(=O)(=O)NC1CCC(C)C(C)C1. The molecule has 5 heteroatoms. The second-order valence-corrected chi connectivity index (χ2v) is 7.84. The molecule has 3 unspecified atom stereocenters. The van der Waals surface area contributed by atoms with Gasteiger partial charge in [0.25, 0.3) is 0 Å². The highest BCUT2D eigenvalue weighted by Crippen LogP contribution is 2.29. The average molecular weight is 290 g/mol. The molecule has 1 aliphatic carbocycles. The van der Waals surface area contributed by atoms with Crippen molar-refractivity contribution in [3.63, 3.8) is 0 Å². The fourth-order valence-electron chi connectivity index (χ4n) is 2.69. The van der Waals surface area contributed by atoms with Crippen molar-refractivity contribution in [1.29, 1.82) is 0 Å². The largest absolute Gasteiger partial charge is 0.317 e. The van der Waals surface area contributed by atoms with Crippen LogP contribution in [-0.2, 0) is 10.0 Å². The number of unbranched alkanes of at least 4 members (excludes halogenated alkanes) is 1. The third-order valence-electron chi connectivity index (χ3n) is 4.21. The van der Waals surface area contributed by atoms with Crippen molar-refractivity contribution in [1.82, 2.24) is 10.0 Å². The summed E-state index contributed by atoms with van der Waals surface area (Å²) in [6.45, 7) is 8.40. The summed E-state index contributed by atoms with van der Waals surface area (Å²) in [6, 6.07) is 0.157. The van der Waals surface area contributed by atoms with Gasteiger partial charge in [-0.05, 0) is 57.0 Å². The standard InChI is InChI=1S/C14H30N2O2S/c1-4-15-9-5-6-10-19(17,18)16-14-8-7-12(2)13(3)11-14/h12-16H,4-11H2,1-3H3. The molecule has 0 spiro atoms. The minimum absolute atomic E-state index is 0.157. The van der Waals surface area contributed by atoms with E-state index in [-0.39, 0.29) is 11.8 Å². The van der Waals surface area contributed by atoms with Gasteiger partial charge in [0.2, 0.25) is 10.0 Å². The normalized spacial score (nSPS) is 28.5. The highest BCUT2D eigenvalue weighted by molar-refractivity contribution is 7.89. The van der Waals surface area contributed by atoms with Gasteiger partial charge in [-0.3, -0.25) is 0 Å². The zero-order chi connectivity index (χ0) is 14.3. The smallest absolute Gasteiger partial charge is 0.211 e. The Morgan fingerprint density at radius 1 is 1.11 bits per heavy atom. The number of hydrogen-bond donors (Lipinski definition) is 2. The highest BCUT2D eigenvalue weighted by Gasteiger charge is 2.27. The highest BCUT2D eigenvalue weighted by atomic mass is 32.2. The molecule has 1 rings (SSSR count). The Bertz CT molecular complexity index is 343. The van der Waals surface area contributed by atoms with Gasteiger partial charge in [0.15, 0.2) is 0 Å².